The normalized spacial score (nSPS) is 12.8. The topological polar surface area (TPSA) is 72.2 Å². The predicted molar refractivity (Wildman–Crippen MR) is 75.1 cm³/mol. The van der Waals surface area contributed by atoms with E-state index < -0.39 is 12.0 Å². The van der Waals surface area contributed by atoms with Crippen LogP contribution < -0.4 is 5.56 Å². The number of aliphatic carboxylic acids is 1. The van der Waals surface area contributed by atoms with Gasteiger partial charge in [-0.1, -0.05) is 6.92 Å². The van der Waals surface area contributed by atoms with Crippen LogP contribution >= 0.6 is 11.3 Å². The van der Waals surface area contributed by atoms with E-state index in [4.69, 9.17) is 0 Å². The highest BCUT2D eigenvalue weighted by molar-refractivity contribution is 7.18. The van der Waals surface area contributed by atoms with E-state index in [-0.39, 0.29) is 5.56 Å². The van der Waals surface area contributed by atoms with E-state index in [0.717, 1.165) is 10.4 Å². The number of aryl methyl sites for hydroxylation is 3. The molecule has 102 valence electrons. The van der Waals surface area contributed by atoms with Gasteiger partial charge in [-0.15, -0.1) is 11.3 Å². The number of rotatable bonds is 3. The summed E-state index contributed by atoms with van der Waals surface area (Å²) in [6.45, 7) is 7.24. The second-order valence-corrected chi connectivity index (χ2v) is 5.76. The van der Waals surface area contributed by atoms with Crippen molar-refractivity contribution in [1.82, 2.24) is 9.55 Å². The number of carboxylic acid groups (broad SMARTS) is 1. The van der Waals surface area contributed by atoms with Crippen molar-refractivity contribution in [2.75, 3.05) is 0 Å². The maximum atomic E-state index is 12.6. The number of carboxylic acids is 1. The molecule has 0 saturated carbocycles. The highest BCUT2D eigenvalue weighted by Crippen LogP contribution is 2.27. The Morgan fingerprint density at radius 3 is 2.58 bits per heavy atom. The van der Waals surface area contributed by atoms with Gasteiger partial charge in [0.05, 0.1) is 5.39 Å². The molecule has 19 heavy (non-hydrogen) atoms. The Kier molecular flexibility index (Phi) is 3.45. The van der Waals surface area contributed by atoms with Gasteiger partial charge in [-0.2, -0.15) is 0 Å². The first kappa shape index (κ1) is 13.7. The number of thiophene rings is 1. The molecule has 1 N–H and O–H groups in total. The molecular weight excluding hydrogens is 264 g/mol. The monoisotopic (exact) mass is 280 g/mol. The summed E-state index contributed by atoms with van der Waals surface area (Å²) in [5.74, 6) is -0.550. The Balaban J connectivity index is 2.86. The van der Waals surface area contributed by atoms with Crippen LogP contribution in [0.2, 0.25) is 0 Å². The van der Waals surface area contributed by atoms with Crippen LogP contribution in [0.15, 0.2) is 4.79 Å². The number of fused-ring (bicyclic) bond motifs is 1. The van der Waals surface area contributed by atoms with E-state index in [2.05, 4.69) is 4.98 Å². The maximum Gasteiger partial charge on any atom is 0.326 e. The molecule has 0 aliphatic carbocycles. The summed E-state index contributed by atoms with van der Waals surface area (Å²) in [5, 5.41) is 9.79. The third-order valence-electron chi connectivity index (χ3n) is 3.39. The fraction of sp³-hybridized carbons (Fsp3) is 0.462. The summed E-state index contributed by atoms with van der Waals surface area (Å²) in [4.78, 5) is 29.9. The van der Waals surface area contributed by atoms with Crippen LogP contribution in [0.3, 0.4) is 0 Å². The van der Waals surface area contributed by atoms with E-state index in [1.54, 1.807) is 13.8 Å². The summed E-state index contributed by atoms with van der Waals surface area (Å²) in [6, 6.07) is -0.857. The molecule has 2 heterocycles. The van der Waals surface area contributed by atoms with Crippen molar-refractivity contribution >= 4 is 27.5 Å². The summed E-state index contributed by atoms with van der Waals surface area (Å²) in [6.07, 6.45) is 0.353. The fourth-order valence-electron chi connectivity index (χ4n) is 2.24. The molecular formula is C13H16N2O3S. The van der Waals surface area contributed by atoms with Gasteiger partial charge in [0.25, 0.3) is 5.56 Å². The molecule has 0 fully saturated rings. The zero-order chi connectivity index (χ0) is 14.3. The highest BCUT2D eigenvalue weighted by atomic mass is 32.1. The first-order valence-electron chi connectivity index (χ1n) is 6.10. The van der Waals surface area contributed by atoms with E-state index in [1.165, 1.54) is 15.9 Å². The average Bonchev–Trinajstić information content (AvgIpc) is 2.59. The molecule has 1 atom stereocenters. The number of carbonyl (C=O) groups is 1. The molecule has 2 rings (SSSR count). The van der Waals surface area contributed by atoms with Gasteiger partial charge in [-0.05, 0) is 32.8 Å². The van der Waals surface area contributed by atoms with Crippen LogP contribution in [0.1, 0.15) is 35.7 Å². The number of nitrogens with zero attached hydrogens (tertiary/aromatic N) is 2. The second-order valence-electron chi connectivity index (χ2n) is 4.56. The smallest absolute Gasteiger partial charge is 0.326 e. The quantitative estimate of drug-likeness (QED) is 0.937. The molecule has 2 aromatic heterocycles. The Hall–Kier alpha value is -1.69. The average molecular weight is 280 g/mol. The first-order chi connectivity index (χ1) is 8.88. The van der Waals surface area contributed by atoms with Crippen molar-refractivity contribution in [1.29, 1.82) is 0 Å². The van der Waals surface area contributed by atoms with Gasteiger partial charge in [0.1, 0.15) is 16.7 Å². The Morgan fingerprint density at radius 2 is 2.05 bits per heavy atom. The molecule has 0 aliphatic rings. The van der Waals surface area contributed by atoms with Crippen LogP contribution in [0.5, 0.6) is 0 Å². The van der Waals surface area contributed by atoms with Crippen molar-refractivity contribution in [2.24, 2.45) is 0 Å². The van der Waals surface area contributed by atoms with Crippen molar-refractivity contribution in [3.8, 4) is 0 Å². The first-order valence-corrected chi connectivity index (χ1v) is 6.91. The van der Waals surface area contributed by atoms with Gasteiger partial charge >= 0.3 is 5.97 Å². The molecule has 0 aromatic carbocycles. The van der Waals surface area contributed by atoms with Crippen LogP contribution in [0, 0.1) is 20.8 Å². The number of hydrogen-bond acceptors (Lipinski definition) is 4. The lowest BCUT2D eigenvalue weighted by atomic mass is 10.2. The predicted octanol–water partition coefficient (Wildman–Crippen LogP) is 2.42. The minimum absolute atomic E-state index is 0.251. The van der Waals surface area contributed by atoms with Crippen molar-refractivity contribution in [3.63, 3.8) is 0 Å². The molecule has 0 spiro atoms. The Morgan fingerprint density at radius 1 is 1.42 bits per heavy atom. The van der Waals surface area contributed by atoms with Crippen LogP contribution in [-0.2, 0) is 4.79 Å². The lowest BCUT2D eigenvalue weighted by Crippen LogP contribution is -2.32. The molecule has 0 amide bonds. The minimum atomic E-state index is -1.00. The molecule has 1 unspecified atom stereocenters. The molecule has 0 saturated heterocycles. The second kappa shape index (κ2) is 4.77. The van der Waals surface area contributed by atoms with Crippen LogP contribution in [0.4, 0.5) is 0 Å². The van der Waals surface area contributed by atoms with E-state index >= 15 is 0 Å². The van der Waals surface area contributed by atoms with Gasteiger partial charge < -0.3 is 5.11 Å². The summed E-state index contributed by atoms with van der Waals surface area (Å²) < 4.78 is 1.30. The molecule has 5 nitrogen and oxygen atoms in total. The number of aromatic nitrogens is 2. The largest absolute Gasteiger partial charge is 0.480 e. The van der Waals surface area contributed by atoms with Gasteiger partial charge in [0.15, 0.2) is 0 Å². The lowest BCUT2D eigenvalue weighted by Gasteiger charge is -2.16. The third-order valence-corrected chi connectivity index (χ3v) is 4.50. The Bertz CT molecular complexity index is 715. The van der Waals surface area contributed by atoms with Crippen molar-refractivity contribution in [3.05, 3.63) is 26.6 Å². The number of hydrogen-bond donors (Lipinski definition) is 1. The SMILES string of the molecule is CCC(C(=O)O)n1c(C)nc2sc(C)c(C)c2c1=O. The zero-order valence-electron chi connectivity index (χ0n) is 11.4. The molecule has 0 bridgehead atoms. The van der Waals surface area contributed by atoms with Crippen LogP contribution in [0.25, 0.3) is 10.2 Å². The molecule has 6 heteroatoms. The van der Waals surface area contributed by atoms with Crippen LogP contribution in [-0.4, -0.2) is 20.6 Å². The van der Waals surface area contributed by atoms with Gasteiger partial charge in [0.2, 0.25) is 0 Å². The Labute approximate surface area is 114 Å². The third kappa shape index (κ3) is 2.06. The van der Waals surface area contributed by atoms with Gasteiger partial charge in [0, 0.05) is 4.88 Å². The zero-order valence-corrected chi connectivity index (χ0v) is 12.2. The van der Waals surface area contributed by atoms with Crippen molar-refractivity contribution < 1.29 is 9.90 Å². The lowest BCUT2D eigenvalue weighted by molar-refractivity contribution is -0.141. The van der Waals surface area contributed by atoms with E-state index in [9.17, 15) is 14.7 Å². The van der Waals surface area contributed by atoms with Gasteiger partial charge in [-0.3, -0.25) is 9.36 Å². The standard InChI is InChI=1S/C13H16N2O3S/c1-5-9(13(17)18)15-8(4)14-11-10(12(15)16)6(2)7(3)19-11/h9H,5H2,1-4H3,(H,17,18). The minimum Gasteiger partial charge on any atom is -0.480 e. The van der Waals surface area contributed by atoms with E-state index in [1.807, 2.05) is 13.8 Å². The summed E-state index contributed by atoms with van der Waals surface area (Å²) in [5.41, 5.74) is 0.644. The van der Waals surface area contributed by atoms with Gasteiger partial charge in [-0.25, -0.2) is 9.78 Å². The molecule has 2 aromatic rings. The molecule has 0 aliphatic heterocycles. The maximum absolute atomic E-state index is 12.6. The molecule has 0 radical (unpaired) electrons. The van der Waals surface area contributed by atoms with E-state index in [0.29, 0.717) is 22.5 Å². The van der Waals surface area contributed by atoms with Crippen molar-refractivity contribution in [2.45, 2.75) is 40.2 Å². The summed E-state index contributed by atoms with van der Waals surface area (Å²) in [7, 11) is 0. The fourth-order valence-corrected chi connectivity index (χ4v) is 3.31. The summed E-state index contributed by atoms with van der Waals surface area (Å²) >= 11 is 1.47. The highest BCUT2D eigenvalue weighted by Gasteiger charge is 2.23.